The van der Waals surface area contributed by atoms with Crippen LogP contribution in [-0.2, 0) is 18.4 Å². The smallest absolute Gasteiger partial charge is 0.268 e. The first-order valence-corrected chi connectivity index (χ1v) is 34.1. The van der Waals surface area contributed by atoms with Gasteiger partial charge in [0.25, 0.3) is 7.82 Å². The molecule has 0 saturated heterocycles. The van der Waals surface area contributed by atoms with E-state index in [0.29, 0.717) is 23.9 Å². The van der Waals surface area contributed by atoms with Gasteiger partial charge in [-0.1, -0.05) is 306 Å². The first-order valence-electron chi connectivity index (χ1n) is 32.6. The minimum Gasteiger partial charge on any atom is -0.756 e. The molecule has 1 amide bonds. The van der Waals surface area contributed by atoms with Gasteiger partial charge in [0.1, 0.15) is 13.2 Å². The molecular formula is C67H127N2O6P. The number of aliphatic hydroxyl groups excluding tert-OH is 1. The van der Waals surface area contributed by atoms with E-state index in [1.165, 1.54) is 193 Å². The number of unbranched alkanes of at least 4 members (excludes halogenated alkanes) is 37. The number of carbonyl (C=O) groups is 1. The summed E-state index contributed by atoms with van der Waals surface area (Å²) in [4.78, 5) is 25.6. The van der Waals surface area contributed by atoms with Crippen LogP contribution in [-0.4, -0.2) is 68.5 Å². The van der Waals surface area contributed by atoms with Gasteiger partial charge in [0.2, 0.25) is 5.91 Å². The Balaban J connectivity index is 4.05. The second-order valence-corrected chi connectivity index (χ2v) is 24.9. The number of likely N-dealkylation sites (N-methyl/N-ethyl adjacent to an activating group) is 1. The van der Waals surface area contributed by atoms with Crippen molar-refractivity contribution < 1.29 is 32.9 Å². The van der Waals surface area contributed by atoms with E-state index < -0.39 is 20.0 Å². The van der Waals surface area contributed by atoms with E-state index >= 15 is 0 Å². The van der Waals surface area contributed by atoms with Gasteiger partial charge in [-0.25, -0.2) is 0 Å². The number of hydrogen-bond acceptors (Lipinski definition) is 6. The maximum atomic E-state index is 13.0. The molecule has 0 radical (unpaired) electrons. The van der Waals surface area contributed by atoms with Crippen LogP contribution in [0.5, 0.6) is 0 Å². The molecule has 0 aromatic rings. The highest BCUT2D eigenvalue weighted by Gasteiger charge is 2.24. The summed E-state index contributed by atoms with van der Waals surface area (Å²) in [7, 11) is 1.29. The highest BCUT2D eigenvalue weighted by Crippen LogP contribution is 2.38. The van der Waals surface area contributed by atoms with Crippen molar-refractivity contribution in [3.05, 3.63) is 60.8 Å². The average Bonchev–Trinajstić information content (AvgIpc) is 3.38. The fraction of sp³-hybridized carbons (Fsp3) is 0.836. The summed E-state index contributed by atoms with van der Waals surface area (Å²) in [6, 6.07) is -0.816. The van der Waals surface area contributed by atoms with Gasteiger partial charge in [-0.2, -0.15) is 0 Å². The first-order chi connectivity index (χ1) is 37.0. The van der Waals surface area contributed by atoms with Crippen molar-refractivity contribution in [3.63, 3.8) is 0 Å². The Hall–Kier alpha value is -1.80. The van der Waals surface area contributed by atoms with E-state index in [9.17, 15) is 19.4 Å². The number of nitrogens with one attached hydrogen (secondary N) is 1. The number of carbonyl (C=O) groups excluding carboxylic acids is 1. The Kier molecular flexibility index (Phi) is 56.5. The number of rotatable bonds is 60. The molecule has 0 spiro atoms. The van der Waals surface area contributed by atoms with Gasteiger partial charge in [0, 0.05) is 6.42 Å². The molecule has 0 aliphatic heterocycles. The van der Waals surface area contributed by atoms with Gasteiger partial charge in [0.15, 0.2) is 0 Å². The summed E-state index contributed by atoms with van der Waals surface area (Å²) in [5, 5.41) is 14.1. The second-order valence-electron chi connectivity index (χ2n) is 23.4. The maximum absolute atomic E-state index is 13.0. The van der Waals surface area contributed by atoms with Crippen LogP contribution in [0.3, 0.4) is 0 Å². The van der Waals surface area contributed by atoms with E-state index in [1.807, 2.05) is 21.1 Å². The number of quaternary nitrogens is 1. The van der Waals surface area contributed by atoms with Crippen LogP contribution >= 0.6 is 7.82 Å². The molecule has 2 N–H and O–H groups in total. The van der Waals surface area contributed by atoms with Gasteiger partial charge in [0.05, 0.1) is 39.9 Å². The summed E-state index contributed by atoms with van der Waals surface area (Å²) in [6.07, 6.45) is 78.6. The molecule has 0 aromatic carbocycles. The lowest BCUT2D eigenvalue weighted by Gasteiger charge is -2.30. The van der Waals surface area contributed by atoms with E-state index in [-0.39, 0.29) is 19.1 Å². The first kappa shape index (κ1) is 74.2. The zero-order valence-corrected chi connectivity index (χ0v) is 51.9. The average molecular weight is 1090 g/mol. The van der Waals surface area contributed by atoms with Crippen LogP contribution < -0.4 is 10.2 Å². The van der Waals surface area contributed by atoms with Crippen molar-refractivity contribution in [3.8, 4) is 0 Å². The normalized spacial score (nSPS) is 14.1. The Morgan fingerprint density at radius 3 is 1.17 bits per heavy atom. The van der Waals surface area contributed by atoms with E-state index in [1.54, 1.807) is 0 Å². The topological polar surface area (TPSA) is 108 Å². The number of hydrogen-bond donors (Lipinski definition) is 2. The minimum atomic E-state index is -4.59. The summed E-state index contributed by atoms with van der Waals surface area (Å²) >= 11 is 0. The fourth-order valence-electron chi connectivity index (χ4n) is 9.72. The molecule has 0 aromatic heterocycles. The van der Waals surface area contributed by atoms with Crippen molar-refractivity contribution in [1.82, 2.24) is 5.32 Å². The summed E-state index contributed by atoms with van der Waals surface area (Å²) in [5.41, 5.74) is 0. The molecular weight excluding hydrogens is 960 g/mol. The third-order valence-electron chi connectivity index (χ3n) is 14.8. The number of amides is 1. The van der Waals surface area contributed by atoms with Gasteiger partial charge in [-0.05, 0) is 57.8 Å². The van der Waals surface area contributed by atoms with E-state index in [4.69, 9.17) is 9.05 Å². The molecule has 3 unspecified atom stereocenters. The Bertz CT molecular complexity index is 1420. The van der Waals surface area contributed by atoms with Gasteiger partial charge in [-0.15, -0.1) is 0 Å². The molecule has 446 valence electrons. The van der Waals surface area contributed by atoms with E-state index in [2.05, 4.69) is 79.9 Å². The number of phosphoric ester groups is 1. The van der Waals surface area contributed by atoms with Crippen LogP contribution in [0, 0.1) is 0 Å². The Morgan fingerprint density at radius 2 is 0.803 bits per heavy atom. The van der Waals surface area contributed by atoms with Crippen molar-refractivity contribution in [2.24, 2.45) is 0 Å². The number of aliphatic hydroxyl groups is 1. The number of allylic oxidation sites excluding steroid dienone is 10. The Labute approximate surface area is 472 Å². The van der Waals surface area contributed by atoms with Crippen LogP contribution in [0.15, 0.2) is 60.8 Å². The zero-order valence-electron chi connectivity index (χ0n) is 51.0. The zero-order chi connectivity index (χ0) is 55.6. The monoisotopic (exact) mass is 1090 g/mol. The van der Waals surface area contributed by atoms with Gasteiger partial charge in [-0.3, -0.25) is 9.36 Å². The van der Waals surface area contributed by atoms with E-state index in [0.717, 1.165) is 89.9 Å². The molecule has 76 heavy (non-hydrogen) atoms. The van der Waals surface area contributed by atoms with Crippen molar-refractivity contribution in [2.75, 3.05) is 40.9 Å². The highest BCUT2D eigenvalue weighted by molar-refractivity contribution is 7.45. The molecule has 8 nitrogen and oxygen atoms in total. The summed E-state index contributed by atoms with van der Waals surface area (Å²) < 4.78 is 23.5. The summed E-state index contributed by atoms with van der Waals surface area (Å²) in [6.45, 7) is 4.62. The standard InChI is InChI=1S/C67H127N2O6P/c1-6-8-10-12-14-16-18-20-22-24-26-28-29-30-31-32-33-34-35-36-37-38-39-41-42-44-46-48-50-52-54-56-58-60-66(70)65(64-75-76(72,73)74-63-62-69(3,4)5)68-67(71)61-59-57-55-53-51-49-47-45-43-40-27-25-23-21-19-17-15-13-11-9-7-2/h9,11,15,17,21,23,27,40,45,47,65-66,70H,6-8,10,12-14,16,18-20,22,24-26,28-39,41-44,46,48-64H2,1-5H3,(H-,68,71,72,73)/b11-9-,17-15-,23-21-,40-27-,47-45-. The van der Waals surface area contributed by atoms with Crippen LogP contribution in [0.1, 0.15) is 309 Å². The predicted octanol–water partition coefficient (Wildman–Crippen LogP) is 19.8. The number of nitrogens with zero attached hydrogens (tertiary/aromatic N) is 1. The molecule has 0 aliphatic carbocycles. The van der Waals surface area contributed by atoms with Crippen LogP contribution in [0.4, 0.5) is 0 Å². The fourth-order valence-corrected chi connectivity index (χ4v) is 10.4. The Morgan fingerprint density at radius 1 is 0.474 bits per heavy atom. The van der Waals surface area contributed by atoms with Gasteiger partial charge < -0.3 is 28.8 Å². The maximum Gasteiger partial charge on any atom is 0.268 e. The molecule has 3 atom stereocenters. The third kappa shape index (κ3) is 59.9. The van der Waals surface area contributed by atoms with Crippen molar-refractivity contribution in [1.29, 1.82) is 0 Å². The van der Waals surface area contributed by atoms with Crippen molar-refractivity contribution >= 4 is 13.7 Å². The van der Waals surface area contributed by atoms with Crippen LogP contribution in [0.25, 0.3) is 0 Å². The quantitative estimate of drug-likeness (QED) is 0.0272. The summed E-state index contributed by atoms with van der Waals surface area (Å²) in [5.74, 6) is -0.181. The second kappa shape index (κ2) is 57.9. The SMILES string of the molecule is CC/C=C\C/C=C\C/C=C\C/C=C\C/C=C\CCCCCCCC(=O)NC(COP(=O)([O-])OCC[N+](C)(C)C)C(O)CCCCCCCCCCCCCCCCCCCCCCCCCCCCCCCCCCC. The van der Waals surface area contributed by atoms with Gasteiger partial charge >= 0.3 is 0 Å². The van der Waals surface area contributed by atoms with Crippen molar-refractivity contribution in [2.45, 2.75) is 321 Å². The lowest BCUT2D eigenvalue weighted by molar-refractivity contribution is -0.870. The lowest BCUT2D eigenvalue weighted by atomic mass is 10.0. The molecule has 0 heterocycles. The largest absolute Gasteiger partial charge is 0.756 e. The molecule has 0 fully saturated rings. The molecule has 0 saturated carbocycles. The highest BCUT2D eigenvalue weighted by atomic mass is 31.2. The molecule has 0 bridgehead atoms. The minimum absolute atomic E-state index is 0.00584. The lowest BCUT2D eigenvalue weighted by Crippen LogP contribution is -2.46. The predicted molar refractivity (Wildman–Crippen MR) is 330 cm³/mol. The van der Waals surface area contributed by atoms with Crippen LogP contribution in [0.2, 0.25) is 0 Å². The third-order valence-corrected chi connectivity index (χ3v) is 15.7. The molecule has 0 rings (SSSR count). The molecule has 9 heteroatoms. The molecule has 0 aliphatic rings. The number of phosphoric acid groups is 1.